The van der Waals surface area contributed by atoms with Gasteiger partial charge in [0, 0.05) is 6.42 Å². The predicted molar refractivity (Wildman–Crippen MR) is 92.5 cm³/mol. The van der Waals surface area contributed by atoms with E-state index < -0.39 is 0 Å². The van der Waals surface area contributed by atoms with Crippen LogP contribution in [0.5, 0.6) is 5.75 Å². The molecule has 4 heteroatoms. The van der Waals surface area contributed by atoms with Crippen molar-refractivity contribution < 1.29 is 9.53 Å². The fourth-order valence-electron chi connectivity index (χ4n) is 3.48. The molecular formula is C19H28N2O2. The number of para-hydroxylation sites is 2. The van der Waals surface area contributed by atoms with Crippen LogP contribution in [0.25, 0.3) is 0 Å². The summed E-state index contributed by atoms with van der Waals surface area (Å²) in [5.41, 5.74) is 6.76. The molecule has 0 saturated heterocycles. The van der Waals surface area contributed by atoms with E-state index in [1.807, 2.05) is 24.3 Å². The fraction of sp³-hybridized carbons (Fsp3) is 0.632. The number of nitrogens with one attached hydrogen (secondary N) is 1. The molecule has 1 amide bonds. The maximum Gasteiger partial charge on any atom is 0.225 e. The maximum atomic E-state index is 12.5. The molecule has 4 nitrogen and oxygen atoms in total. The van der Waals surface area contributed by atoms with Gasteiger partial charge in [-0.05, 0) is 55.7 Å². The number of carbonyl (C=O) groups is 1. The van der Waals surface area contributed by atoms with E-state index in [0.29, 0.717) is 18.9 Å². The number of hydrogen-bond donors (Lipinski definition) is 2. The Hall–Kier alpha value is -1.55. The van der Waals surface area contributed by atoms with Crippen molar-refractivity contribution in [1.29, 1.82) is 0 Å². The molecule has 0 heterocycles. The van der Waals surface area contributed by atoms with Gasteiger partial charge in [-0.15, -0.1) is 0 Å². The van der Waals surface area contributed by atoms with Crippen LogP contribution in [-0.4, -0.2) is 19.1 Å². The molecule has 3 rings (SSSR count). The van der Waals surface area contributed by atoms with Crippen molar-refractivity contribution in [1.82, 2.24) is 0 Å². The van der Waals surface area contributed by atoms with Crippen LogP contribution in [0, 0.1) is 11.3 Å². The van der Waals surface area contributed by atoms with Crippen LogP contribution < -0.4 is 15.8 Å². The first-order valence-corrected chi connectivity index (χ1v) is 8.93. The second kappa shape index (κ2) is 7.35. The van der Waals surface area contributed by atoms with E-state index in [9.17, 15) is 4.79 Å². The molecule has 23 heavy (non-hydrogen) atoms. The third kappa shape index (κ3) is 4.47. The molecule has 0 atom stereocenters. The smallest absolute Gasteiger partial charge is 0.225 e. The Balaban J connectivity index is 1.60. The molecule has 0 aromatic heterocycles. The first-order chi connectivity index (χ1) is 11.2. The van der Waals surface area contributed by atoms with E-state index in [-0.39, 0.29) is 11.3 Å². The molecule has 1 aromatic rings. The molecule has 126 valence electrons. The van der Waals surface area contributed by atoms with Gasteiger partial charge in [0.2, 0.25) is 5.91 Å². The van der Waals surface area contributed by atoms with E-state index in [2.05, 4.69) is 5.32 Å². The highest BCUT2D eigenvalue weighted by Crippen LogP contribution is 2.39. The molecule has 0 aliphatic heterocycles. The van der Waals surface area contributed by atoms with Gasteiger partial charge < -0.3 is 15.8 Å². The summed E-state index contributed by atoms with van der Waals surface area (Å²) in [4.78, 5) is 12.5. The maximum absolute atomic E-state index is 12.5. The Labute approximate surface area is 138 Å². The third-order valence-electron chi connectivity index (χ3n) is 5.22. The van der Waals surface area contributed by atoms with E-state index in [4.69, 9.17) is 10.5 Å². The Morgan fingerprint density at radius 1 is 1.22 bits per heavy atom. The molecule has 2 aliphatic carbocycles. The van der Waals surface area contributed by atoms with Crippen molar-refractivity contribution >= 4 is 11.6 Å². The molecule has 1 aromatic carbocycles. The van der Waals surface area contributed by atoms with Gasteiger partial charge in [0.1, 0.15) is 5.75 Å². The summed E-state index contributed by atoms with van der Waals surface area (Å²) in [7, 11) is 0. The number of ether oxygens (including phenoxy) is 1. The van der Waals surface area contributed by atoms with Gasteiger partial charge in [0.05, 0.1) is 12.3 Å². The monoisotopic (exact) mass is 316 g/mol. The topological polar surface area (TPSA) is 64.4 Å². The lowest BCUT2D eigenvalue weighted by molar-refractivity contribution is -0.118. The molecule has 0 spiro atoms. The average molecular weight is 316 g/mol. The number of amides is 1. The van der Waals surface area contributed by atoms with Crippen LogP contribution in [0.4, 0.5) is 5.69 Å². The first-order valence-electron chi connectivity index (χ1n) is 8.93. The van der Waals surface area contributed by atoms with Gasteiger partial charge in [-0.3, -0.25) is 4.79 Å². The second-order valence-electron chi connectivity index (χ2n) is 7.24. The van der Waals surface area contributed by atoms with Crippen molar-refractivity contribution in [3.05, 3.63) is 24.3 Å². The van der Waals surface area contributed by atoms with Crippen molar-refractivity contribution in [2.45, 2.75) is 51.4 Å². The van der Waals surface area contributed by atoms with Crippen LogP contribution in [0.1, 0.15) is 51.4 Å². The zero-order valence-corrected chi connectivity index (χ0v) is 13.9. The van der Waals surface area contributed by atoms with Crippen LogP contribution in [0.2, 0.25) is 0 Å². The van der Waals surface area contributed by atoms with Gasteiger partial charge in [-0.2, -0.15) is 0 Å². The molecule has 2 fully saturated rings. The van der Waals surface area contributed by atoms with Crippen molar-refractivity contribution in [2.75, 3.05) is 18.5 Å². The minimum atomic E-state index is -0.00779. The molecular weight excluding hydrogens is 288 g/mol. The SMILES string of the molecule is NCC1(CC(=O)Nc2ccccc2OCC2CC2)CCCCC1. The summed E-state index contributed by atoms with van der Waals surface area (Å²) in [6, 6.07) is 7.72. The standard InChI is InChI=1S/C19H28N2O2/c20-14-19(10-4-1-5-11-19)12-18(22)21-16-6-2-3-7-17(16)23-13-15-8-9-15/h2-3,6-7,15H,1,4-5,8-14,20H2,(H,21,22). The van der Waals surface area contributed by atoms with Gasteiger partial charge in [-0.25, -0.2) is 0 Å². The number of hydrogen-bond acceptors (Lipinski definition) is 3. The minimum absolute atomic E-state index is 0.00779. The summed E-state index contributed by atoms with van der Waals surface area (Å²) >= 11 is 0. The number of anilines is 1. The Morgan fingerprint density at radius 2 is 1.96 bits per heavy atom. The zero-order chi connectivity index (χ0) is 16.1. The average Bonchev–Trinajstić information content (AvgIpc) is 3.39. The number of benzene rings is 1. The lowest BCUT2D eigenvalue weighted by Gasteiger charge is -2.35. The molecule has 0 bridgehead atoms. The lowest BCUT2D eigenvalue weighted by atomic mass is 9.71. The molecule has 2 aliphatic rings. The van der Waals surface area contributed by atoms with E-state index in [1.54, 1.807) is 0 Å². The van der Waals surface area contributed by atoms with E-state index >= 15 is 0 Å². The third-order valence-corrected chi connectivity index (χ3v) is 5.22. The molecule has 0 radical (unpaired) electrons. The number of carbonyl (C=O) groups excluding carboxylic acids is 1. The minimum Gasteiger partial charge on any atom is -0.491 e. The van der Waals surface area contributed by atoms with E-state index in [0.717, 1.165) is 30.9 Å². The summed E-state index contributed by atoms with van der Waals surface area (Å²) < 4.78 is 5.86. The largest absolute Gasteiger partial charge is 0.491 e. The normalized spacial score (nSPS) is 20.0. The van der Waals surface area contributed by atoms with Crippen molar-refractivity contribution in [3.8, 4) is 5.75 Å². The van der Waals surface area contributed by atoms with Gasteiger partial charge in [0.15, 0.2) is 0 Å². The van der Waals surface area contributed by atoms with Crippen LogP contribution in [0.15, 0.2) is 24.3 Å². The predicted octanol–water partition coefficient (Wildman–Crippen LogP) is 3.71. The Morgan fingerprint density at radius 3 is 2.65 bits per heavy atom. The van der Waals surface area contributed by atoms with Crippen molar-refractivity contribution in [3.63, 3.8) is 0 Å². The van der Waals surface area contributed by atoms with Crippen molar-refractivity contribution in [2.24, 2.45) is 17.1 Å². The highest BCUT2D eigenvalue weighted by Gasteiger charge is 2.33. The Kier molecular flexibility index (Phi) is 5.21. The van der Waals surface area contributed by atoms with Crippen LogP contribution in [0.3, 0.4) is 0 Å². The summed E-state index contributed by atoms with van der Waals surface area (Å²) in [5.74, 6) is 1.53. The molecule has 0 unspecified atom stereocenters. The van der Waals surface area contributed by atoms with Gasteiger partial charge >= 0.3 is 0 Å². The van der Waals surface area contributed by atoms with Gasteiger partial charge in [-0.1, -0.05) is 31.4 Å². The van der Waals surface area contributed by atoms with Crippen LogP contribution in [-0.2, 0) is 4.79 Å². The first kappa shape index (κ1) is 16.3. The quantitative estimate of drug-likeness (QED) is 0.806. The highest BCUT2D eigenvalue weighted by molar-refractivity contribution is 5.92. The second-order valence-corrected chi connectivity index (χ2v) is 7.24. The summed E-state index contributed by atoms with van der Waals surface area (Å²) in [6.45, 7) is 1.35. The zero-order valence-electron chi connectivity index (χ0n) is 13.9. The number of nitrogens with two attached hydrogens (primary N) is 1. The summed E-state index contributed by atoms with van der Waals surface area (Å²) in [5, 5.41) is 3.04. The fourth-order valence-corrected chi connectivity index (χ4v) is 3.48. The lowest BCUT2D eigenvalue weighted by Crippen LogP contribution is -2.36. The number of rotatable bonds is 7. The highest BCUT2D eigenvalue weighted by atomic mass is 16.5. The Bertz CT molecular complexity index is 534. The molecule has 2 saturated carbocycles. The molecule has 3 N–H and O–H groups in total. The summed E-state index contributed by atoms with van der Waals surface area (Å²) in [6.07, 6.45) is 8.80. The van der Waals surface area contributed by atoms with Crippen LogP contribution >= 0.6 is 0 Å². The van der Waals surface area contributed by atoms with Gasteiger partial charge in [0.25, 0.3) is 0 Å². The van der Waals surface area contributed by atoms with E-state index in [1.165, 1.54) is 32.1 Å².